The fraction of sp³-hybridized carbons (Fsp3) is 0.250. The van der Waals surface area contributed by atoms with Crippen LogP contribution in [0.2, 0.25) is 0 Å². The normalized spacial score (nSPS) is 11.5. The third kappa shape index (κ3) is 5.52. The summed E-state index contributed by atoms with van der Waals surface area (Å²) in [6.45, 7) is 0. The van der Waals surface area contributed by atoms with Crippen LogP contribution >= 0.6 is 0 Å². The van der Waals surface area contributed by atoms with Crippen LogP contribution in [-0.2, 0) is 19.1 Å². The summed E-state index contributed by atoms with van der Waals surface area (Å²) in [4.78, 5) is 25.4. The monoisotopic (exact) mass is 474 g/mol. The molecule has 34 heavy (non-hydrogen) atoms. The number of carbonyl (C=O) groups excluding carboxylic acids is 2. The molecule has 0 heterocycles. The number of hydrogen-bond acceptors (Lipinski definition) is 10. The SMILES string of the molecule is COC(=O)C(=Cc1cc(OC)c(O)c(OC)c1)C(=Cc1cc(OC)c(O)c(OC)c1)C(=O)OC. The van der Waals surface area contributed by atoms with Crippen molar-refractivity contribution in [1.82, 2.24) is 0 Å². The minimum atomic E-state index is -0.833. The van der Waals surface area contributed by atoms with E-state index in [0.717, 1.165) is 14.2 Å². The minimum Gasteiger partial charge on any atom is -0.502 e. The van der Waals surface area contributed by atoms with Crippen LogP contribution in [0.3, 0.4) is 0 Å². The van der Waals surface area contributed by atoms with Crippen molar-refractivity contribution in [2.24, 2.45) is 0 Å². The Kier molecular flexibility index (Phi) is 8.77. The molecule has 0 aromatic heterocycles. The number of phenols is 2. The van der Waals surface area contributed by atoms with Gasteiger partial charge in [-0.05, 0) is 47.5 Å². The minimum absolute atomic E-state index is 0.0893. The first-order chi connectivity index (χ1) is 16.2. The Morgan fingerprint density at radius 1 is 0.588 bits per heavy atom. The van der Waals surface area contributed by atoms with E-state index in [1.54, 1.807) is 0 Å². The number of methoxy groups -OCH3 is 6. The van der Waals surface area contributed by atoms with E-state index >= 15 is 0 Å². The predicted octanol–water partition coefficient (Wildman–Crippen LogP) is 2.95. The van der Waals surface area contributed by atoms with Crippen molar-refractivity contribution in [2.45, 2.75) is 0 Å². The van der Waals surface area contributed by atoms with Gasteiger partial charge < -0.3 is 38.6 Å². The maximum atomic E-state index is 12.7. The fourth-order valence-electron chi connectivity index (χ4n) is 3.04. The Balaban J connectivity index is 2.80. The molecule has 182 valence electrons. The second kappa shape index (κ2) is 11.5. The highest BCUT2D eigenvalue weighted by molar-refractivity contribution is 6.12. The zero-order valence-corrected chi connectivity index (χ0v) is 19.6. The summed E-state index contributed by atoms with van der Waals surface area (Å²) < 4.78 is 30.4. The highest BCUT2D eigenvalue weighted by atomic mass is 16.5. The molecular weight excluding hydrogens is 448 g/mol. The van der Waals surface area contributed by atoms with Gasteiger partial charge in [-0.25, -0.2) is 9.59 Å². The van der Waals surface area contributed by atoms with Gasteiger partial charge in [0.1, 0.15) is 0 Å². The smallest absolute Gasteiger partial charge is 0.338 e. The molecule has 0 fully saturated rings. The molecule has 2 rings (SSSR count). The van der Waals surface area contributed by atoms with E-state index in [1.807, 2.05) is 0 Å². The molecule has 0 saturated heterocycles. The van der Waals surface area contributed by atoms with Crippen LogP contribution in [0.4, 0.5) is 0 Å². The first kappa shape index (κ1) is 25.9. The maximum Gasteiger partial charge on any atom is 0.338 e. The zero-order chi connectivity index (χ0) is 25.4. The molecule has 0 radical (unpaired) electrons. The number of aromatic hydroxyl groups is 2. The molecule has 10 heteroatoms. The molecule has 0 aliphatic rings. The summed E-state index contributed by atoms with van der Waals surface area (Å²) in [5.74, 6) is -1.76. The molecule has 0 spiro atoms. The van der Waals surface area contributed by atoms with Crippen molar-refractivity contribution in [1.29, 1.82) is 0 Å². The van der Waals surface area contributed by atoms with Gasteiger partial charge in [0.25, 0.3) is 0 Å². The number of ether oxygens (including phenoxy) is 6. The van der Waals surface area contributed by atoms with Crippen LogP contribution in [0.5, 0.6) is 34.5 Å². The summed E-state index contributed by atoms with van der Waals surface area (Å²) in [7, 11) is 7.75. The third-order valence-electron chi connectivity index (χ3n) is 4.73. The Morgan fingerprint density at radius 3 is 1.06 bits per heavy atom. The van der Waals surface area contributed by atoms with Gasteiger partial charge in [0, 0.05) is 0 Å². The lowest BCUT2D eigenvalue weighted by molar-refractivity contribution is -0.139. The van der Waals surface area contributed by atoms with Gasteiger partial charge in [-0.15, -0.1) is 0 Å². The summed E-state index contributed by atoms with van der Waals surface area (Å²) >= 11 is 0. The van der Waals surface area contributed by atoms with Crippen LogP contribution < -0.4 is 18.9 Å². The first-order valence-electron chi connectivity index (χ1n) is 9.74. The standard InChI is InChI=1S/C24H26O10/c1-29-17-9-13(10-18(30-2)21(17)25)7-15(23(27)33-5)16(24(28)34-6)8-14-11-19(31-3)22(26)20(12-14)32-4/h7-12,25-26H,1-6H3. The number of carbonyl (C=O) groups is 2. The van der Waals surface area contributed by atoms with Crippen molar-refractivity contribution >= 4 is 24.1 Å². The topological polar surface area (TPSA) is 130 Å². The first-order valence-corrected chi connectivity index (χ1v) is 9.74. The van der Waals surface area contributed by atoms with Crippen LogP contribution in [0.1, 0.15) is 11.1 Å². The number of rotatable bonds is 9. The summed E-state index contributed by atoms with van der Waals surface area (Å²) in [6, 6.07) is 5.79. The fourth-order valence-corrected chi connectivity index (χ4v) is 3.04. The van der Waals surface area contributed by atoms with Crippen molar-refractivity contribution in [3.05, 3.63) is 46.5 Å². The maximum absolute atomic E-state index is 12.7. The summed E-state index contributed by atoms with van der Waals surface area (Å²) in [6.07, 6.45) is 2.71. The van der Waals surface area contributed by atoms with E-state index in [2.05, 4.69) is 0 Å². The van der Waals surface area contributed by atoms with Gasteiger partial charge in [0.05, 0.1) is 53.8 Å². The molecule has 10 nitrogen and oxygen atoms in total. The lowest BCUT2D eigenvalue weighted by atomic mass is 9.99. The number of phenolic OH excluding ortho intramolecular Hbond substituents is 2. The Hall–Kier alpha value is -4.34. The van der Waals surface area contributed by atoms with Crippen molar-refractivity contribution < 1.29 is 48.2 Å². The number of esters is 2. The molecule has 0 bridgehead atoms. The third-order valence-corrected chi connectivity index (χ3v) is 4.73. The van der Waals surface area contributed by atoms with Gasteiger partial charge in [0.2, 0.25) is 11.5 Å². The van der Waals surface area contributed by atoms with Crippen molar-refractivity contribution in [3.63, 3.8) is 0 Å². The van der Waals surface area contributed by atoms with Crippen molar-refractivity contribution in [3.8, 4) is 34.5 Å². The predicted molar refractivity (Wildman–Crippen MR) is 122 cm³/mol. The van der Waals surface area contributed by atoms with Crippen LogP contribution in [-0.4, -0.2) is 64.8 Å². The number of benzene rings is 2. The molecule has 0 aliphatic carbocycles. The second-order valence-electron chi connectivity index (χ2n) is 6.65. The lowest BCUT2D eigenvalue weighted by Gasteiger charge is -2.13. The van der Waals surface area contributed by atoms with E-state index < -0.39 is 11.9 Å². The Labute approximate surface area is 196 Å². The second-order valence-corrected chi connectivity index (χ2v) is 6.65. The van der Waals surface area contributed by atoms with Gasteiger partial charge >= 0.3 is 11.9 Å². The van der Waals surface area contributed by atoms with E-state index in [-0.39, 0.29) is 45.6 Å². The largest absolute Gasteiger partial charge is 0.502 e. The Morgan fingerprint density at radius 2 is 0.853 bits per heavy atom. The molecule has 2 N–H and O–H groups in total. The van der Waals surface area contributed by atoms with E-state index in [9.17, 15) is 19.8 Å². The van der Waals surface area contributed by atoms with E-state index in [0.29, 0.717) is 11.1 Å². The Bertz CT molecular complexity index is 991. The molecule has 0 saturated carbocycles. The summed E-state index contributed by atoms with van der Waals surface area (Å²) in [5, 5.41) is 20.3. The summed E-state index contributed by atoms with van der Waals surface area (Å²) in [5.41, 5.74) is 0.412. The molecule has 0 atom stereocenters. The number of hydrogen-bond donors (Lipinski definition) is 2. The molecule has 0 aliphatic heterocycles. The highest BCUT2D eigenvalue weighted by Crippen LogP contribution is 2.39. The lowest BCUT2D eigenvalue weighted by Crippen LogP contribution is -2.15. The molecule has 2 aromatic rings. The van der Waals surface area contributed by atoms with Crippen LogP contribution in [0, 0.1) is 0 Å². The van der Waals surface area contributed by atoms with E-state index in [1.165, 1.54) is 64.9 Å². The average molecular weight is 474 g/mol. The van der Waals surface area contributed by atoms with Gasteiger partial charge in [-0.1, -0.05) is 0 Å². The van der Waals surface area contributed by atoms with E-state index in [4.69, 9.17) is 28.4 Å². The van der Waals surface area contributed by atoms with Crippen molar-refractivity contribution in [2.75, 3.05) is 42.7 Å². The van der Waals surface area contributed by atoms with Gasteiger partial charge in [0.15, 0.2) is 23.0 Å². The highest BCUT2D eigenvalue weighted by Gasteiger charge is 2.24. The average Bonchev–Trinajstić information content (AvgIpc) is 2.86. The van der Waals surface area contributed by atoms with Crippen LogP contribution in [0.25, 0.3) is 12.2 Å². The van der Waals surface area contributed by atoms with Crippen LogP contribution in [0.15, 0.2) is 35.4 Å². The quantitative estimate of drug-likeness (QED) is 0.318. The van der Waals surface area contributed by atoms with Gasteiger partial charge in [-0.3, -0.25) is 0 Å². The molecule has 2 aromatic carbocycles. The zero-order valence-electron chi connectivity index (χ0n) is 19.6. The molecule has 0 amide bonds. The molecule has 0 unspecified atom stereocenters. The molecular formula is C24H26O10. The van der Waals surface area contributed by atoms with Gasteiger partial charge in [-0.2, -0.15) is 0 Å².